The van der Waals surface area contributed by atoms with Gasteiger partial charge in [0.1, 0.15) is 11.9 Å². The molecule has 36 heavy (non-hydrogen) atoms. The smallest absolute Gasteiger partial charge is 0.138 e. The summed E-state index contributed by atoms with van der Waals surface area (Å²) in [6.07, 6.45) is 4.57. The van der Waals surface area contributed by atoms with Crippen LogP contribution in [0.15, 0.2) is 11.1 Å². The third-order valence-corrected chi connectivity index (χ3v) is 12.4. The van der Waals surface area contributed by atoms with Crippen LogP contribution in [0.3, 0.4) is 0 Å². The van der Waals surface area contributed by atoms with E-state index in [-0.39, 0.29) is 33.5 Å². The molecular weight excluding hydrogens is 452 g/mol. The lowest BCUT2D eigenvalue weighted by Gasteiger charge is -2.69. The van der Waals surface area contributed by atoms with Crippen LogP contribution in [-0.4, -0.2) is 52.1 Å². The molecule has 4 aliphatic rings. The molecule has 0 saturated heterocycles. The number of rotatable bonds is 6. The Bertz CT molecular complexity index is 920. The summed E-state index contributed by atoms with van der Waals surface area (Å²) in [6, 6.07) is 0. The van der Waals surface area contributed by atoms with Gasteiger partial charge in [-0.2, -0.15) is 0 Å². The molecule has 0 aromatic heterocycles. The second-order valence-corrected chi connectivity index (χ2v) is 14.7. The highest BCUT2D eigenvalue weighted by Gasteiger charge is 2.69. The number of carbonyl (C=O) groups excluding carboxylic acids is 1. The minimum absolute atomic E-state index is 0.00936. The van der Waals surface area contributed by atoms with Crippen molar-refractivity contribution in [1.29, 1.82) is 0 Å². The van der Waals surface area contributed by atoms with E-state index >= 15 is 0 Å². The van der Waals surface area contributed by atoms with Gasteiger partial charge >= 0.3 is 0 Å². The lowest BCUT2D eigenvalue weighted by atomic mass is 9.36. The Balaban J connectivity index is 1.66. The van der Waals surface area contributed by atoms with Gasteiger partial charge in [0.25, 0.3) is 0 Å². The van der Waals surface area contributed by atoms with E-state index in [1.807, 2.05) is 0 Å². The maximum atomic E-state index is 12.9. The first-order chi connectivity index (χ1) is 16.5. The number of aliphatic hydroxyl groups is 3. The Morgan fingerprint density at radius 2 is 1.69 bits per heavy atom. The lowest BCUT2D eigenvalue weighted by molar-refractivity contribution is -0.208. The molecule has 0 bridgehead atoms. The van der Waals surface area contributed by atoms with Crippen LogP contribution in [0.4, 0.5) is 0 Å². The highest BCUT2D eigenvalue weighted by atomic mass is 16.5. The predicted molar refractivity (Wildman–Crippen MR) is 142 cm³/mol. The summed E-state index contributed by atoms with van der Waals surface area (Å²) < 4.78 is 5.41. The lowest BCUT2D eigenvalue weighted by Crippen LogP contribution is -2.65. The molecule has 4 rings (SSSR count). The number of hydrogen-bond acceptors (Lipinski definition) is 5. The number of methoxy groups -OCH3 is 1. The molecule has 3 saturated carbocycles. The third-order valence-electron chi connectivity index (χ3n) is 12.4. The van der Waals surface area contributed by atoms with Gasteiger partial charge in [-0.3, -0.25) is 4.79 Å². The zero-order valence-corrected chi connectivity index (χ0v) is 24.3. The molecule has 0 radical (unpaired) electrons. The predicted octanol–water partition coefficient (Wildman–Crippen LogP) is 5.45. The molecule has 0 aromatic carbocycles. The highest BCUT2D eigenvalue weighted by Crippen LogP contribution is 2.74. The van der Waals surface area contributed by atoms with Crippen molar-refractivity contribution in [2.75, 3.05) is 7.11 Å². The zero-order chi connectivity index (χ0) is 27.1. The fraction of sp³-hybridized carbons (Fsp3) is 0.903. The Hall–Kier alpha value is -0.750. The Labute approximate surface area is 219 Å². The molecule has 5 nitrogen and oxygen atoms in total. The van der Waals surface area contributed by atoms with E-state index in [2.05, 4.69) is 41.5 Å². The molecule has 0 aliphatic heterocycles. The molecule has 3 fully saturated rings. The average molecular weight is 505 g/mol. The van der Waals surface area contributed by atoms with E-state index in [0.717, 1.165) is 32.1 Å². The number of ether oxygens (including phenoxy) is 1. The van der Waals surface area contributed by atoms with Crippen molar-refractivity contribution < 1.29 is 24.9 Å². The van der Waals surface area contributed by atoms with Gasteiger partial charge in [0, 0.05) is 18.9 Å². The van der Waals surface area contributed by atoms with Crippen LogP contribution in [0.25, 0.3) is 0 Å². The van der Waals surface area contributed by atoms with E-state index < -0.39 is 23.9 Å². The van der Waals surface area contributed by atoms with Crippen LogP contribution >= 0.6 is 0 Å². The van der Waals surface area contributed by atoms with Gasteiger partial charge in [-0.05, 0) is 92.8 Å². The van der Waals surface area contributed by atoms with Crippen LogP contribution in [0.2, 0.25) is 0 Å². The largest absolute Gasteiger partial charge is 0.392 e. The van der Waals surface area contributed by atoms with Crippen LogP contribution in [0.1, 0.15) is 107 Å². The number of carbonyl (C=O) groups is 1. The second kappa shape index (κ2) is 8.89. The van der Waals surface area contributed by atoms with Crippen molar-refractivity contribution in [2.45, 2.75) is 131 Å². The van der Waals surface area contributed by atoms with Crippen molar-refractivity contribution in [2.24, 2.45) is 39.4 Å². The number of aliphatic hydroxyl groups excluding tert-OH is 3. The van der Waals surface area contributed by atoms with E-state index in [9.17, 15) is 20.1 Å². The fourth-order valence-electron chi connectivity index (χ4n) is 9.89. The van der Waals surface area contributed by atoms with Gasteiger partial charge in [-0.15, -0.1) is 0 Å². The van der Waals surface area contributed by atoms with E-state index in [1.54, 1.807) is 21.0 Å². The number of fused-ring (bicyclic) bond motifs is 5. The summed E-state index contributed by atoms with van der Waals surface area (Å²) in [4.78, 5) is 12.9. The number of allylic oxidation sites excluding steroid dienone is 1. The molecule has 206 valence electrons. The molecule has 3 N–H and O–H groups in total. The van der Waals surface area contributed by atoms with Crippen LogP contribution < -0.4 is 0 Å². The first-order valence-electron chi connectivity index (χ1n) is 14.3. The average Bonchev–Trinajstić information content (AvgIpc) is 3.13. The van der Waals surface area contributed by atoms with Crippen molar-refractivity contribution in [1.82, 2.24) is 0 Å². The molecule has 4 aliphatic carbocycles. The van der Waals surface area contributed by atoms with Gasteiger partial charge < -0.3 is 20.1 Å². The number of hydrogen-bond donors (Lipinski definition) is 3. The molecule has 5 heteroatoms. The molecular formula is C31H52O5. The fourth-order valence-corrected chi connectivity index (χ4v) is 9.89. The van der Waals surface area contributed by atoms with E-state index in [1.165, 1.54) is 11.1 Å². The second-order valence-electron chi connectivity index (χ2n) is 14.7. The van der Waals surface area contributed by atoms with Crippen molar-refractivity contribution in [3.8, 4) is 0 Å². The Kier molecular flexibility index (Phi) is 6.98. The summed E-state index contributed by atoms with van der Waals surface area (Å²) in [5, 5.41) is 33.4. The SMILES string of the molecule is COC(C)(C)[C@H](O)[C@@H](O)C[C@@H](C)C1=C2C[C@H](O)[C@H]3[C@@]4(C)CCC(=O)C(C)(C)[C@H]4CC[C@]3(C)[C@@]2(C)CC1. The zero-order valence-electron chi connectivity index (χ0n) is 24.3. The van der Waals surface area contributed by atoms with E-state index in [4.69, 9.17) is 4.74 Å². The van der Waals surface area contributed by atoms with Crippen LogP contribution in [0.5, 0.6) is 0 Å². The van der Waals surface area contributed by atoms with Gasteiger partial charge in [0.05, 0.1) is 17.8 Å². The minimum atomic E-state index is -0.963. The molecule has 0 aromatic rings. The Morgan fingerprint density at radius 3 is 2.31 bits per heavy atom. The summed E-state index contributed by atoms with van der Waals surface area (Å²) in [6.45, 7) is 17.3. The maximum absolute atomic E-state index is 12.9. The quantitative estimate of drug-likeness (QED) is 0.419. The third kappa shape index (κ3) is 3.81. The summed E-state index contributed by atoms with van der Waals surface area (Å²) in [5.41, 5.74) is 1.58. The van der Waals surface area contributed by atoms with E-state index in [0.29, 0.717) is 31.0 Å². The molecule has 9 atom stereocenters. The van der Waals surface area contributed by atoms with Crippen molar-refractivity contribution >= 4 is 5.78 Å². The van der Waals surface area contributed by atoms with Crippen LogP contribution in [-0.2, 0) is 9.53 Å². The normalized spacial score (nSPS) is 42.9. The first kappa shape index (κ1) is 28.3. The molecule has 0 spiro atoms. The minimum Gasteiger partial charge on any atom is -0.392 e. The summed E-state index contributed by atoms with van der Waals surface area (Å²) in [7, 11) is 1.56. The summed E-state index contributed by atoms with van der Waals surface area (Å²) in [5.74, 6) is 1.01. The number of Topliss-reactive ketones (excluding diaryl/α,β-unsaturated/α-hetero) is 1. The van der Waals surface area contributed by atoms with Gasteiger partial charge in [-0.1, -0.05) is 52.7 Å². The Morgan fingerprint density at radius 1 is 1.06 bits per heavy atom. The van der Waals surface area contributed by atoms with Crippen molar-refractivity contribution in [3.63, 3.8) is 0 Å². The van der Waals surface area contributed by atoms with Gasteiger partial charge in [0.2, 0.25) is 0 Å². The van der Waals surface area contributed by atoms with Crippen LogP contribution in [0, 0.1) is 39.4 Å². The van der Waals surface area contributed by atoms with Gasteiger partial charge in [-0.25, -0.2) is 0 Å². The molecule has 0 amide bonds. The maximum Gasteiger partial charge on any atom is 0.138 e. The first-order valence-corrected chi connectivity index (χ1v) is 14.3. The van der Waals surface area contributed by atoms with Crippen molar-refractivity contribution in [3.05, 3.63) is 11.1 Å². The number of ketones is 1. The van der Waals surface area contributed by atoms with Gasteiger partial charge in [0.15, 0.2) is 0 Å². The molecule has 0 unspecified atom stereocenters. The summed E-state index contributed by atoms with van der Waals surface area (Å²) >= 11 is 0. The molecule has 0 heterocycles. The topological polar surface area (TPSA) is 87.0 Å². The standard InChI is InChI=1S/C31H52O5/c1-18(16-22(33)26(35)28(4,5)36-9)19-10-14-30(7)20(19)17-21(32)25-29(6)13-12-24(34)27(2,3)23(29)11-15-31(25,30)8/h18,21-23,25-26,32-33,35H,10-17H2,1-9H3/t18-,21+,22+,23-,25+,26-,29+,30+,31+/m1/s1. The highest BCUT2D eigenvalue weighted by molar-refractivity contribution is 5.85. The monoisotopic (exact) mass is 504 g/mol.